The first-order valence-corrected chi connectivity index (χ1v) is 12.3. The zero-order valence-electron chi connectivity index (χ0n) is 20.6. The van der Waals surface area contributed by atoms with E-state index in [1.807, 2.05) is 6.07 Å². The molecule has 1 aliphatic carbocycles. The van der Waals surface area contributed by atoms with Crippen LogP contribution >= 0.6 is 0 Å². The topological polar surface area (TPSA) is 90.2 Å². The summed E-state index contributed by atoms with van der Waals surface area (Å²) in [4.78, 5) is 13.5. The van der Waals surface area contributed by atoms with E-state index >= 15 is 0 Å². The SMILES string of the molecule is CC(C)(C)c1cc(O)c2c(c1)OC(C)(C)[C@@H]1CC=C(C(O)CN3CCC[C@H](C(=O)O)C3)C[C@@H]21. The third-order valence-corrected chi connectivity index (χ3v) is 7.91. The number of piperidine rings is 1. The molecule has 182 valence electrons. The van der Waals surface area contributed by atoms with Gasteiger partial charge in [0.05, 0.1) is 12.0 Å². The number of aliphatic hydroxyl groups is 1. The van der Waals surface area contributed by atoms with Crippen LogP contribution in [0.4, 0.5) is 0 Å². The number of likely N-dealkylation sites (tertiary alicyclic amines) is 1. The number of ether oxygens (including phenoxy) is 1. The first-order valence-electron chi connectivity index (χ1n) is 12.3. The molecule has 4 atom stereocenters. The van der Waals surface area contributed by atoms with Crippen LogP contribution in [0, 0.1) is 11.8 Å². The van der Waals surface area contributed by atoms with E-state index in [1.54, 1.807) is 0 Å². The van der Waals surface area contributed by atoms with E-state index in [9.17, 15) is 20.1 Å². The highest BCUT2D eigenvalue weighted by Crippen LogP contribution is 2.55. The van der Waals surface area contributed by atoms with Crippen molar-refractivity contribution in [1.82, 2.24) is 4.90 Å². The number of nitrogens with zero attached hydrogens (tertiary/aromatic N) is 1. The summed E-state index contributed by atoms with van der Waals surface area (Å²) >= 11 is 0. The number of rotatable bonds is 4. The van der Waals surface area contributed by atoms with E-state index in [1.165, 1.54) is 0 Å². The molecule has 1 saturated heterocycles. The molecule has 1 unspecified atom stereocenters. The largest absolute Gasteiger partial charge is 0.508 e. The lowest BCUT2D eigenvalue weighted by atomic mass is 9.66. The number of fused-ring (bicyclic) bond motifs is 3. The standard InChI is InChI=1S/C27H39NO5/c1-26(2,3)18-12-21(29)24-19-11-16(8-9-20(19)27(4,5)33-23(24)13-18)22(30)15-28-10-6-7-17(14-28)25(31)32/h8,12-13,17,19-20,22,29-30H,6-7,9-11,14-15H2,1-5H3,(H,31,32)/t17-,19+,20+,22?/m0/s1. The monoisotopic (exact) mass is 457 g/mol. The molecule has 6 nitrogen and oxygen atoms in total. The van der Waals surface area contributed by atoms with Crippen LogP contribution in [0.5, 0.6) is 11.5 Å². The van der Waals surface area contributed by atoms with Gasteiger partial charge in [0.1, 0.15) is 17.1 Å². The van der Waals surface area contributed by atoms with Crippen molar-refractivity contribution in [3.8, 4) is 11.5 Å². The molecular weight excluding hydrogens is 418 g/mol. The van der Waals surface area contributed by atoms with Crippen molar-refractivity contribution < 1.29 is 24.9 Å². The normalized spacial score (nSPS) is 28.2. The van der Waals surface area contributed by atoms with Crippen molar-refractivity contribution in [2.75, 3.05) is 19.6 Å². The van der Waals surface area contributed by atoms with Gasteiger partial charge in [0.15, 0.2) is 0 Å². The molecule has 2 heterocycles. The Morgan fingerprint density at radius 2 is 2.03 bits per heavy atom. The third-order valence-electron chi connectivity index (χ3n) is 7.91. The summed E-state index contributed by atoms with van der Waals surface area (Å²) < 4.78 is 6.44. The molecule has 0 spiro atoms. The number of carboxylic acids is 1. The maximum Gasteiger partial charge on any atom is 0.307 e. The molecule has 4 rings (SSSR count). The van der Waals surface area contributed by atoms with Crippen LogP contribution in [0.15, 0.2) is 23.8 Å². The highest BCUT2D eigenvalue weighted by atomic mass is 16.5. The fourth-order valence-electron chi connectivity index (χ4n) is 5.91. The van der Waals surface area contributed by atoms with Crippen molar-refractivity contribution in [2.45, 2.75) is 83.3 Å². The van der Waals surface area contributed by atoms with Crippen LogP contribution < -0.4 is 4.74 Å². The number of phenols is 1. The van der Waals surface area contributed by atoms with Crippen LogP contribution in [0.1, 0.15) is 77.3 Å². The molecule has 33 heavy (non-hydrogen) atoms. The number of aromatic hydroxyl groups is 1. The van der Waals surface area contributed by atoms with Crippen molar-refractivity contribution in [3.63, 3.8) is 0 Å². The third kappa shape index (κ3) is 4.78. The smallest absolute Gasteiger partial charge is 0.307 e. The van der Waals surface area contributed by atoms with Crippen molar-refractivity contribution in [3.05, 3.63) is 34.9 Å². The van der Waals surface area contributed by atoms with E-state index in [-0.39, 0.29) is 34.5 Å². The average molecular weight is 458 g/mol. The first kappa shape index (κ1) is 24.1. The van der Waals surface area contributed by atoms with Gasteiger partial charge in [-0.3, -0.25) is 9.69 Å². The Balaban J connectivity index is 1.57. The second-order valence-corrected chi connectivity index (χ2v) is 11.7. The van der Waals surface area contributed by atoms with Gasteiger partial charge in [-0.05, 0) is 74.8 Å². The average Bonchev–Trinajstić information content (AvgIpc) is 2.72. The molecule has 0 saturated carbocycles. The number of hydrogen-bond acceptors (Lipinski definition) is 5. The Kier molecular flexibility index (Phi) is 6.29. The molecule has 0 radical (unpaired) electrons. The number of benzene rings is 1. The van der Waals surface area contributed by atoms with Gasteiger partial charge >= 0.3 is 5.97 Å². The Labute approximate surface area is 197 Å². The summed E-state index contributed by atoms with van der Waals surface area (Å²) in [5.41, 5.74) is 2.39. The quantitative estimate of drug-likeness (QED) is 0.579. The van der Waals surface area contributed by atoms with Gasteiger partial charge in [-0.2, -0.15) is 0 Å². The minimum Gasteiger partial charge on any atom is -0.508 e. The van der Waals surface area contributed by atoms with Crippen molar-refractivity contribution in [2.24, 2.45) is 11.8 Å². The van der Waals surface area contributed by atoms with Gasteiger partial charge < -0.3 is 20.1 Å². The Morgan fingerprint density at radius 3 is 2.70 bits per heavy atom. The summed E-state index contributed by atoms with van der Waals surface area (Å²) in [6.45, 7) is 12.4. The highest BCUT2D eigenvalue weighted by Gasteiger charge is 2.47. The van der Waals surface area contributed by atoms with Gasteiger partial charge in [-0.1, -0.05) is 26.8 Å². The summed E-state index contributed by atoms with van der Waals surface area (Å²) in [6, 6.07) is 3.94. The number of carbonyl (C=O) groups is 1. The van der Waals surface area contributed by atoms with Gasteiger partial charge in [0, 0.05) is 30.5 Å². The molecule has 6 heteroatoms. The summed E-state index contributed by atoms with van der Waals surface area (Å²) in [7, 11) is 0. The van der Waals surface area contributed by atoms with Crippen molar-refractivity contribution in [1.29, 1.82) is 0 Å². The van der Waals surface area contributed by atoms with E-state index in [4.69, 9.17) is 4.74 Å². The van der Waals surface area contributed by atoms with Crippen LogP contribution in [-0.2, 0) is 10.2 Å². The second kappa shape index (κ2) is 8.62. The Bertz CT molecular complexity index is 945. The zero-order valence-corrected chi connectivity index (χ0v) is 20.6. The number of allylic oxidation sites excluding steroid dienone is 1. The van der Waals surface area contributed by atoms with Crippen LogP contribution in [0.3, 0.4) is 0 Å². The molecule has 3 aliphatic rings. The number of β-amino-alcohol motifs (C(OH)–C–C–N with tert-alkyl or cyclic N) is 1. The number of aliphatic hydroxyl groups excluding tert-OH is 1. The maximum absolute atomic E-state index is 11.4. The van der Waals surface area contributed by atoms with Crippen LogP contribution in [0.2, 0.25) is 0 Å². The fourth-order valence-corrected chi connectivity index (χ4v) is 5.91. The fraction of sp³-hybridized carbons (Fsp3) is 0.667. The molecule has 1 fully saturated rings. The van der Waals surface area contributed by atoms with Gasteiger partial charge in [0.2, 0.25) is 0 Å². The summed E-state index contributed by atoms with van der Waals surface area (Å²) in [5, 5.41) is 31.5. The number of carboxylic acid groups (broad SMARTS) is 1. The Hall–Kier alpha value is -2.05. The van der Waals surface area contributed by atoms with Crippen LogP contribution in [-0.4, -0.2) is 57.5 Å². The molecular formula is C27H39NO5. The molecule has 3 N–H and O–H groups in total. The molecule has 0 amide bonds. The predicted molar refractivity (Wildman–Crippen MR) is 128 cm³/mol. The second-order valence-electron chi connectivity index (χ2n) is 11.7. The van der Waals surface area contributed by atoms with E-state index in [2.05, 4.69) is 51.7 Å². The van der Waals surface area contributed by atoms with E-state index in [0.29, 0.717) is 25.9 Å². The highest BCUT2D eigenvalue weighted by molar-refractivity contribution is 5.70. The van der Waals surface area contributed by atoms with Gasteiger partial charge in [-0.25, -0.2) is 0 Å². The van der Waals surface area contributed by atoms with Gasteiger partial charge in [-0.15, -0.1) is 0 Å². The predicted octanol–water partition coefficient (Wildman–Crippen LogP) is 4.44. The molecule has 1 aromatic carbocycles. The van der Waals surface area contributed by atoms with Crippen molar-refractivity contribution >= 4 is 5.97 Å². The zero-order chi connectivity index (χ0) is 24.1. The lowest BCUT2D eigenvalue weighted by Crippen LogP contribution is -2.47. The summed E-state index contributed by atoms with van der Waals surface area (Å²) in [6.07, 6.45) is 4.50. The lowest BCUT2D eigenvalue weighted by molar-refractivity contribution is -0.143. The van der Waals surface area contributed by atoms with E-state index < -0.39 is 12.1 Å². The molecule has 1 aromatic rings. The molecule has 2 aliphatic heterocycles. The van der Waals surface area contributed by atoms with E-state index in [0.717, 1.165) is 41.8 Å². The lowest BCUT2D eigenvalue weighted by Gasteiger charge is -2.48. The number of phenolic OH excluding ortho intramolecular Hbond substituents is 1. The molecule has 0 bridgehead atoms. The Morgan fingerprint density at radius 1 is 1.30 bits per heavy atom. The van der Waals surface area contributed by atoms with Crippen LogP contribution in [0.25, 0.3) is 0 Å². The first-order chi connectivity index (χ1) is 15.4. The minimum absolute atomic E-state index is 0.0699. The van der Waals surface area contributed by atoms with Gasteiger partial charge in [0.25, 0.3) is 0 Å². The number of hydrogen-bond donors (Lipinski definition) is 3. The number of aliphatic carboxylic acids is 1. The summed E-state index contributed by atoms with van der Waals surface area (Å²) in [5.74, 6) is 0.202. The molecule has 0 aromatic heterocycles. The minimum atomic E-state index is -0.750. The maximum atomic E-state index is 11.4.